The van der Waals surface area contributed by atoms with Crippen molar-refractivity contribution in [3.05, 3.63) is 78.3 Å². The first-order valence-electron chi connectivity index (χ1n) is 7.36. The molecular formula is C19H16N2O. The van der Waals surface area contributed by atoms with Crippen LogP contribution in [0.1, 0.15) is 11.4 Å². The van der Waals surface area contributed by atoms with Crippen molar-refractivity contribution in [2.45, 2.75) is 13.5 Å². The molecule has 3 heteroatoms. The van der Waals surface area contributed by atoms with Crippen LogP contribution in [0.2, 0.25) is 0 Å². The number of hydrogen-bond acceptors (Lipinski definition) is 2. The molecule has 0 atom stereocenters. The largest absolute Gasteiger partial charge is 0.464 e. The molecule has 0 aliphatic heterocycles. The maximum absolute atomic E-state index is 5.47. The first-order valence-corrected chi connectivity index (χ1v) is 7.36. The van der Waals surface area contributed by atoms with Gasteiger partial charge >= 0.3 is 0 Å². The van der Waals surface area contributed by atoms with Crippen LogP contribution in [0.25, 0.3) is 22.4 Å². The standard InChI is InChI=1S/C19H16N2O/c1-14-20-17-12-16(19-8-5-11-22-19)9-10-18(17)21(14)13-15-6-3-2-4-7-15/h2-12H,13H2,1H3. The second-order valence-corrected chi connectivity index (χ2v) is 5.41. The molecule has 0 spiro atoms. The summed E-state index contributed by atoms with van der Waals surface area (Å²) in [5.74, 6) is 1.90. The van der Waals surface area contributed by atoms with E-state index in [-0.39, 0.29) is 0 Å². The van der Waals surface area contributed by atoms with E-state index in [1.807, 2.05) is 18.2 Å². The summed E-state index contributed by atoms with van der Waals surface area (Å²) < 4.78 is 7.71. The molecule has 0 aliphatic rings. The molecule has 4 rings (SSSR count). The van der Waals surface area contributed by atoms with E-state index in [1.54, 1.807) is 6.26 Å². The number of imidazole rings is 1. The Hall–Kier alpha value is -2.81. The fourth-order valence-electron chi connectivity index (χ4n) is 2.81. The van der Waals surface area contributed by atoms with Gasteiger partial charge in [0.25, 0.3) is 0 Å². The van der Waals surface area contributed by atoms with Crippen molar-refractivity contribution < 1.29 is 4.42 Å². The Kier molecular flexibility index (Phi) is 3.04. The second-order valence-electron chi connectivity index (χ2n) is 5.41. The van der Waals surface area contributed by atoms with Gasteiger partial charge in [0.05, 0.1) is 17.3 Å². The number of hydrogen-bond donors (Lipinski definition) is 0. The Balaban J connectivity index is 1.78. The molecule has 3 nitrogen and oxygen atoms in total. The van der Waals surface area contributed by atoms with Gasteiger partial charge in [-0.2, -0.15) is 0 Å². The van der Waals surface area contributed by atoms with E-state index in [9.17, 15) is 0 Å². The van der Waals surface area contributed by atoms with Gasteiger partial charge in [-0.15, -0.1) is 0 Å². The molecule has 0 aliphatic carbocycles. The van der Waals surface area contributed by atoms with Crippen molar-refractivity contribution in [1.82, 2.24) is 9.55 Å². The predicted molar refractivity (Wildman–Crippen MR) is 87.7 cm³/mol. The molecule has 2 aromatic heterocycles. The molecule has 0 unspecified atom stereocenters. The average molecular weight is 288 g/mol. The van der Waals surface area contributed by atoms with Gasteiger partial charge in [0.15, 0.2) is 0 Å². The number of furan rings is 1. The van der Waals surface area contributed by atoms with Crippen LogP contribution in [-0.2, 0) is 6.54 Å². The van der Waals surface area contributed by atoms with Gasteiger partial charge in [0.2, 0.25) is 0 Å². The summed E-state index contributed by atoms with van der Waals surface area (Å²) in [6.45, 7) is 2.89. The van der Waals surface area contributed by atoms with E-state index < -0.39 is 0 Å². The molecule has 0 saturated carbocycles. The number of benzene rings is 2. The molecule has 0 N–H and O–H groups in total. The van der Waals surface area contributed by atoms with Gasteiger partial charge in [0.1, 0.15) is 11.6 Å². The highest BCUT2D eigenvalue weighted by atomic mass is 16.3. The Morgan fingerprint density at radius 2 is 1.86 bits per heavy atom. The van der Waals surface area contributed by atoms with E-state index in [0.717, 1.165) is 34.7 Å². The average Bonchev–Trinajstić information content (AvgIpc) is 3.17. The molecular weight excluding hydrogens is 272 g/mol. The van der Waals surface area contributed by atoms with E-state index >= 15 is 0 Å². The number of aromatic nitrogens is 2. The van der Waals surface area contributed by atoms with Crippen molar-refractivity contribution >= 4 is 11.0 Å². The van der Waals surface area contributed by atoms with Crippen molar-refractivity contribution in [1.29, 1.82) is 0 Å². The lowest BCUT2D eigenvalue weighted by atomic mass is 10.1. The van der Waals surface area contributed by atoms with E-state index in [0.29, 0.717) is 0 Å². The number of rotatable bonds is 3. The summed E-state index contributed by atoms with van der Waals surface area (Å²) >= 11 is 0. The topological polar surface area (TPSA) is 31.0 Å². The SMILES string of the molecule is Cc1nc2cc(-c3ccco3)ccc2n1Cc1ccccc1. The van der Waals surface area contributed by atoms with Crippen LogP contribution in [0.5, 0.6) is 0 Å². The lowest BCUT2D eigenvalue weighted by Crippen LogP contribution is -2.01. The molecule has 4 aromatic rings. The van der Waals surface area contributed by atoms with Crippen LogP contribution in [0, 0.1) is 6.92 Å². The van der Waals surface area contributed by atoms with Crippen molar-refractivity contribution in [3.63, 3.8) is 0 Å². The van der Waals surface area contributed by atoms with Crippen molar-refractivity contribution in [2.24, 2.45) is 0 Å². The first kappa shape index (κ1) is 12.9. The zero-order chi connectivity index (χ0) is 14.9. The van der Waals surface area contributed by atoms with E-state index in [1.165, 1.54) is 5.56 Å². The summed E-state index contributed by atoms with van der Waals surface area (Å²) in [5, 5.41) is 0. The summed E-state index contributed by atoms with van der Waals surface area (Å²) in [4.78, 5) is 4.70. The minimum absolute atomic E-state index is 0.837. The lowest BCUT2D eigenvalue weighted by Gasteiger charge is -2.07. The second kappa shape index (κ2) is 5.19. The minimum atomic E-state index is 0.837. The molecule has 2 heterocycles. The smallest absolute Gasteiger partial charge is 0.133 e. The number of fused-ring (bicyclic) bond motifs is 1. The quantitative estimate of drug-likeness (QED) is 0.549. The number of aryl methyl sites for hydroxylation is 1. The minimum Gasteiger partial charge on any atom is -0.464 e. The molecule has 108 valence electrons. The van der Waals surface area contributed by atoms with E-state index in [2.05, 4.69) is 54.0 Å². The third-order valence-corrected chi connectivity index (χ3v) is 3.93. The van der Waals surface area contributed by atoms with Gasteiger partial charge in [-0.05, 0) is 42.8 Å². The zero-order valence-electron chi connectivity index (χ0n) is 12.4. The Morgan fingerprint density at radius 1 is 1.00 bits per heavy atom. The molecule has 0 bridgehead atoms. The maximum Gasteiger partial charge on any atom is 0.133 e. The highest BCUT2D eigenvalue weighted by Gasteiger charge is 2.10. The highest BCUT2D eigenvalue weighted by Crippen LogP contribution is 2.25. The zero-order valence-corrected chi connectivity index (χ0v) is 12.4. The summed E-state index contributed by atoms with van der Waals surface area (Å²) in [6, 6.07) is 20.6. The molecule has 0 fully saturated rings. The van der Waals surface area contributed by atoms with Crippen molar-refractivity contribution in [2.75, 3.05) is 0 Å². The van der Waals surface area contributed by atoms with Crippen molar-refractivity contribution in [3.8, 4) is 11.3 Å². The molecule has 0 amide bonds. The molecule has 2 aromatic carbocycles. The van der Waals surface area contributed by atoms with Gasteiger partial charge in [-0.3, -0.25) is 0 Å². The van der Waals surface area contributed by atoms with Crippen LogP contribution in [0.15, 0.2) is 71.3 Å². The summed E-state index contributed by atoms with van der Waals surface area (Å²) in [5.41, 5.74) is 4.49. The van der Waals surface area contributed by atoms with Crippen LogP contribution < -0.4 is 0 Å². The molecule has 0 saturated heterocycles. The Labute approximate surface area is 128 Å². The number of nitrogens with zero attached hydrogens (tertiary/aromatic N) is 2. The summed E-state index contributed by atoms with van der Waals surface area (Å²) in [7, 11) is 0. The van der Waals surface area contributed by atoms with Crippen LogP contribution in [-0.4, -0.2) is 9.55 Å². The van der Waals surface area contributed by atoms with Gasteiger partial charge < -0.3 is 8.98 Å². The molecule has 0 radical (unpaired) electrons. The fourth-order valence-corrected chi connectivity index (χ4v) is 2.81. The van der Waals surface area contributed by atoms with Gasteiger partial charge in [-0.1, -0.05) is 30.3 Å². The Bertz CT molecular complexity index is 905. The lowest BCUT2D eigenvalue weighted by molar-refractivity contribution is 0.582. The third-order valence-electron chi connectivity index (χ3n) is 3.93. The summed E-state index contributed by atoms with van der Waals surface area (Å²) in [6.07, 6.45) is 1.69. The Morgan fingerprint density at radius 3 is 2.64 bits per heavy atom. The van der Waals surface area contributed by atoms with Crippen LogP contribution in [0.3, 0.4) is 0 Å². The van der Waals surface area contributed by atoms with Crippen LogP contribution >= 0.6 is 0 Å². The first-order chi connectivity index (χ1) is 10.8. The van der Waals surface area contributed by atoms with Gasteiger partial charge in [-0.25, -0.2) is 4.98 Å². The molecule has 22 heavy (non-hydrogen) atoms. The van der Waals surface area contributed by atoms with E-state index in [4.69, 9.17) is 9.40 Å². The fraction of sp³-hybridized carbons (Fsp3) is 0.105. The normalized spacial score (nSPS) is 11.1. The predicted octanol–water partition coefficient (Wildman–Crippen LogP) is 4.65. The third kappa shape index (κ3) is 2.21. The maximum atomic E-state index is 5.47. The monoisotopic (exact) mass is 288 g/mol. The van der Waals surface area contributed by atoms with Crippen LogP contribution in [0.4, 0.5) is 0 Å². The van der Waals surface area contributed by atoms with Gasteiger partial charge in [0, 0.05) is 12.1 Å². The highest BCUT2D eigenvalue weighted by molar-refractivity contribution is 5.81.